The molecule has 0 unspecified atom stereocenters. The highest BCUT2D eigenvalue weighted by Crippen LogP contribution is 2.26. The maximum Gasteiger partial charge on any atom is 0.326 e. The third-order valence-corrected chi connectivity index (χ3v) is 7.20. The van der Waals surface area contributed by atoms with Crippen LogP contribution in [0.1, 0.15) is 53.5 Å². The Balaban J connectivity index is 1.23. The molecule has 0 spiro atoms. The third kappa shape index (κ3) is 3.95. The van der Waals surface area contributed by atoms with Gasteiger partial charge in [-0.05, 0) is 57.7 Å². The molecule has 0 radical (unpaired) electrons. The van der Waals surface area contributed by atoms with Crippen LogP contribution < -0.4 is 5.69 Å². The highest BCUT2D eigenvalue weighted by Gasteiger charge is 2.26. The van der Waals surface area contributed by atoms with Gasteiger partial charge < -0.3 is 14.3 Å². The quantitative estimate of drug-likeness (QED) is 0.601. The van der Waals surface area contributed by atoms with E-state index in [1.807, 2.05) is 41.8 Å². The lowest BCUT2D eigenvalue weighted by Crippen LogP contribution is -2.39. The lowest BCUT2D eigenvalue weighted by Gasteiger charge is -2.32. The van der Waals surface area contributed by atoms with Gasteiger partial charge in [-0.2, -0.15) is 0 Å². The van der Waals surface area contributed by atoms with Gasteiger partial charge in [-0.1, -0.05) is 12.1 Å². The number of carbonyl (C=O) groups is 1. The van der Waals surface area contributed by atoms with Gasteiger partial charge in [-0.25, -0.2) is 4.79 Å². The predicted molar refractivity (Wildman–Crippen MR) is 124 cm³/mol. The van der Waals surface area contributed by atoms with Crippen molar-refractivity contribution in [1.29, 1.82) is 0 Å². The van der Waals surface area contributed by atoms with Crippen LogP contribution in [0.4, 0.5) is 0 Å². The molecular formula is C25H32N4O3. The second kappa shape index (κ2) is 8.71. The zero-order valence-electron chi connectivity index (χ0n) is 19.0. The Bertz CT molecular complexity index is 1170. The van der Waals surface area contributed by atoms with Crippen LogP contribution in [0, 0.1) is 13.8 Å². The number of hydrogen-bond donors (Lipinski definition) is 1. The smallest absolute Gasteiger partial charge is 0.326 e. The minimum atomic E-state index is -0.0422. The second-order valence-electron chi connectivity index (χ2n) is 9.28. The fourth-order valence-electron chi connectivity index (χ4n) is 5.42. The minimum Gasteiger partial charge on any atom is -0.376 e. The molecule has 2 aromatic heterocycles. The number of ether oxygens (including phenoxy) is 1. The van der Waals surface area contributed by atoms with Crippen molar-refractivity contribution in [2.75, 3.05) is 26.2 Å². The number of nitrogens with one attached hydrogen (secondary N) is 1. The molecule has 2 saturated heterocycles. The standard InChI is InChI=1S/C25H32N4O3/c1-17-14-21(18(2)28(17)15-20-6-5-13-32-20)24(30)16-27-11-9-19(10-12-27)29-23-8-4-3-7-22(23)26-25(29)31/h3-4,7-8,14,19-20H,5-6,9-13,15-16H2,1-2H3,(H,26,31)/t20-/m1/s1. The highest BCUT2D eigenvalue weighted by molar-refractivity contribution is 5.99. The molecule has 0 bridgehead atoms. The number of aryl methyl sites for hydroxylation is 1. The van der Waals surface area contributed by atoms with E-state index in [1.165, 1.54) is 0 Å². The third-order valence-electron chi connectivity index (χ3n) is 7.20. The van der Waals surface area contributed by atoms with Crippen LogP contribution in [0.5, 0.6) is 0 Å². The topological polar surface area (TPSA) is 72.3 Å². The number of rotatable bonds is 6. The van der Waals surface area contributed by atoms with E-state index < -0.39 is 0 Å². The fraction of sp³-hybridized carbons (Fsp3) is 0.520. The van der Waals surface area contributed by atoms with Crippen molar-refractivity contribution in [3.8, 4) is 0 Å². The largest absolute Gasteiger partial charge is 0.376 e. The SMILES string of the molecule is Cc1cc(C(=O)CN2CCC(n3c(=O)[nH]c4ccccc43)CC2)c(C)n1C[C@H]1CCCO1. The first kappa shape index (κ1) is 21.2. The molecule has 3 aromatic rings. The summed E-state index contributed by atoms with van der Waals surface area (Å²) in [6.07, 6.45) is 4.21. The number of hydrogen-bond acceptors (Lipinski definition) is 4. The number of aromatic nitrogens is 3. The summed E-state index contributed by atoms with van der Waals surface area (Å²) in [5, 5.41) is 0. The summed E-state index contributed by atoms with van der Waals surface area (Å²) >= 11 is 0. The molecule has 4 heterocycles. The van der Waals surface area contributed by atoms with Gasteiger partial charge in [-0.15, -0.1) is 0 Å². The van der Waals surface area contributed by atoms with Gasteiger partial charge in [0.05, 0.1) is 23.7 Å². The van der Waals surface area contributed by atoms with E-state index in [0.717, 1.165) is 79.9 Å². The molecule has 170 valence electrons. The van der Waals surface area contributed by atoms with Crippen LogP contribution in [-0.4, -0.2) is 57.1 Å². The Labute approximate surface area is 188 Å². The summed E-state index contributed by atoms with van der Waals surface area (Å²) < 4.78 is 9.92. The first-order chi connectivity index (χ1) is 15.5. The number of Topliss-reactive ketones (excluding diaryl/α,β-unsaturated/α-hetero) is 1. The average molecular weight is 437 g/mol. The molecule has 0 amide bonds. The van der Waals surface area contributed by atoms with Gasteiger partial charge >= 0.3 is 5.69 Å². The molecule has 32 heavy (non-hydrogen) atoms. The van der Waals surface area contributed by atoms with E-state index in [2.05, 4.69) is 21.4 Å². The number of ketones is 1. The number of H-pyrrole nitrogens is 1. The first-order valence-corrected chi connectivity index (χ1v) is 11.7. The van der Waals surface area contributed by atoms with Crippen LogP contribution in [0.15, 0.2) is 35.1 Å². The maximum atomic E-state index is 13.1. The zero-order chi connectivity index (χ0) is 22.2. The second-order valence-corrected chi connectivity index (χ2v) is 9.28. The number of aromatic amines is 1. The Morgan fingerprint density at radius 3 is 2.69 bits per heavy atom. The van der Waals surface area contributed by atoms with Crippen molar-refractivity contribution >= 4 is 16.8 Å². The number of likely N-dealkylation sites (tertiary alicyclic amines) is 1. The summed E-state index contributed by atoms with van der Waals surface area (Å²) in [7, 11) is 0. The van der Waals surface area contributed by atoms with E-state index in [-0.39, 0.29) is 23.6 Å². The van der Waals surface area contributed by atoms with Gasteiger partial charge in [0, 0.05) is 49.2 Å². The van der Waals surface area contributed by atoms with Crippen LogP contribution in [-0.2, 0) is 11.3 Å². The van der Waals surface area contributed by atoms with Gasteiger partial charge in [0.2, 0.25) is 0 Å². The van der Waals surface area contributed by atoms with Gasteiger partial charge in [-0.3, -0.25) is 14.3 Å². The highest BCUT2D eigenvalue weighted by atomic mass is 16.5. The molecule has 0 saturated carbocycles. The van der Waals surface area contributed by atoms with Crippen LogP contribution in [0.2, 0.25) is 0 Å². The number of piperidine rings is 1. The van der Waals surface area contributed by atoms with Crippen molar-refractivity contribution < 1.29 is 9.53 Å². The van der Waals surface area contributed by atoms with Crippen molar-refractivity contribution in [1.82, 2.24) is 19.0 Å². The number of para-hydroxylation sites is 2. The number of fused-ring (bicyclic) bond motifs is 1. The lowest BCUT2D eigenvalue weighted by atomic mass is 10.0. The normalized spacial score (nSPS) is 20.4. The number of imidazole rings is 1. The Morgan fingerprint density at radius 1 is 1.16 bits per heavy atom. The van der Waals surface area contributed by atoms with Crippen LogP contribution in [0.25, 0.3) is 11.0 Å². The first-order valence-electron chi connectivity index (χ1n) is 11.7. The van der Waals surface area contributed by atoms with Crippen molar-refractivity contribution in [3.63, 3.8) is 0 Å². The molecule has 2 fully saturated rings. The van der Waals surface area contributed by atoms with Crippen molar-refractivity contribution in [2.24, 2.45) is 0 Å². The number of benzene rings is 1. The summed E-state index contributed by atoms with van der Waals surface area (Å²) in [5.41, 5.74) is 4.80. The zero-order valence-corrected chi connectivity index (χ0v) is 19.0. The molecule has 1 atom stereocenters. The maximum absolute atomic E-state index is 13.1. The van der Waals surface area contributed by atoms with Crippen LogP contribution in [0.3, 0.4) is 0 Å². The summed E-state index contributed by atoms with van der Waals surface area (Å²) in [6, 6.07) is 10.0. The van der Waals surface area contributed by atoms with E-state index in [4.69, 9.17) is 4.74 Å². The Kier molecular flexibility index (Phi) is 5.78. The predicted octanol–water partition coefficient (Wildman–Crippen LogP) is 3.45. The number of nitrogens with zero attached hydrogens (tertiary/aromatic N) is 3. The van der Waals surface area contributed by atoms with Crippen molar-refractivity contribution in [3.05, 3.63) is 57.8 Å². The Morgan fingerprint density at radius 2 is 1.94 bits per heavy atom. The minimum absolute atomic E-state index is 0.0422. The molecule has 2 aliphatic heterocycles. The van der Waals surface area contributed by atoms with Gasteiger partial charge in [0.1, 0.15) is 0 Å². The van der Waals surface area contributed by atoms with Gasteiger partial charge in [0.15, 0.2) is 5.78 Å². The van der Waals surface area contributed by atoms with Crippen molar-refractivity contribution in [2.45, 2.75) is 58.2 Å². The molecule has 7 nitrogen and oxygen atoms in total. The lowest BCUT2D eigenvalue weighted by molar-refractivity contribution is 0.0893. The summed E-state index contributed by atoms with van der Waals surface area (Å²) in [5.74, 6) is 0.180. The molecule has 1 N–H and O–H groups in total. The number of carbonyl (C=O) groups excluding carboxylic acids is 1. The van der Waals surface area contributed by atoms with Gasteiger partial charge in [0.25, 0.3) is 0 Å². The van der Waals surface area contributed by atoms with E-state index in [9.17, 15) is 9.59 Å². The molecular weight excluding hydrogens is 404 g/mol. The summed E-state index contributed by atoms with van der Waals surface area (Å²) in [6.45, 7) is 7.86. The molecule has 0 aliphatic carbocycles. The summed E-state index contributed by atoms with van der Waals surface area (Å²) in [4.78, 5) is 30.8. The van der Waals surface area contributed by atoms with E-state index in [1.54, 1.807) is 0 Å². The van der Waals surface area contributed by atoms with E-state index in [0.29, 0.717) is 6.54 Å². The molecule has 7 heteroatoms. The fourth-order valence-corrected chi connectivity index (χ4v) is 5.42. The molecule has 5 rings (SSSR count). The average Bonchev–Trinajstić information content (AvgIpc) is 3.48. The Hall–Kier alpha value is -2.64. The monoisotopic (exact) mass is 436 g/mol. The van der Waals surface area contributed by atoms with Crippen LogP contribution >= 0.6 is 0 Å². The molecule has 2 aliphatic rings. The van der Waals surface area contributed by atoms with E-state index >= 15 is 0 Å². The molecule has 1 aromatic carbocycles.